The number of nitrogens with two attached hydrogens (primary N) is 1. The first kappa shape index (κ1) is 12.9. The molecule has 0 radical (unpaired) electrons. The van der Waals surface area contributed by atoms with Crippen molar-refractivity contribution in [2.45, 2.75) is 32.1 Å². The molecule has 0 spiro atoms. The van der Waals surface area contributed by atoms with Crippen molar-refractivity contribution in [3.8, 4) is 0 Å². The zero-order valence-corrected chi connectivity index (χ0v) is 11.2. The summed E-state index contributed by atoms with van der Waals surface area (Å²) in [5.41, 5.74) is 5.68. The Morgan fingerprint density at radius 1 is 1.17 bits per heavy atom. The van der Waals surface area contributed by atoms with Crippen LogP contribution in [0.25, 0.3) is 0 Å². The van der Waals surface area contributed by atoms with Gasteiger partial charge in [-0.3, -0.25) is 0 Å². The molecule has 0 aliphatic heterocycles. The van der Waals surface area contributed by atoms with Crippen molar-refractivity contribution in [1.82, 2.24) is 15.0 Å². The maximum atomic E-state index is 5.68. The van der Waals surface area contributed by atoms with Crippen LogP contribution in [-0.2, 0) is 0 Å². The fourth-order valence-corrected chi connectivity index (χ4v) is 2.29. The van der Waals surface area contributed by atoms with Gasteiger partial charge in [0.1, 0.15) is 0 Å². The Morgan fingerprint density at radius 2 is 1.89 bits per heavy atom. The zero-order chi connectivity index (χ0) is 13.0. The van der Waals surface area contributed by atoms with E-state index in [1.165, 1.54) is 32.1 Å². The Morgan fingerprint density at radius 3 is 2.56 bits per heavy atom. The minimum Gasteiger partial charge on any atom is -0.368 e. The van der Waals surface area contributed by atoms with Gasteiger partial charge in [-0.15, -0.1) is 0 Å². The van der Waals surface area contributed by atoms with Gasteiger partial charge in [-0.05, 0) is 18.8 Å². The van der Waals surface area contributed by atoms with E-state index in [2.05, 4.69) is 20.3 Å². The van der Waals surface area contributed by atoms with Crippen LogP contribution in [0.5, 0.6) is 0 Å². The second kappa shape index (κ2) is 5.84. The second-order valence-electron chi connectivity index (χ2n) is 5.10. The number of nitrogens with one attached hydrogen (secondary N) is 1. The average molecular weight is 250 g/mol. The first-order valence-electron chi connectivity index (χ1n) is 6.58. The van der Waals surface area contributed by atoms with Crippen LogP contribution in [0.1, 0.15) is 32.1 Å². The molecule has 1 aliphatic carbocycles. The first-order chi connectivity index (χ1) is 8.65. The summed E-state index contributed by atoms with van der Waals surface area (Å²) in [5, 5.41) is 3.28. The van der Waals surface area contributed by atoms with Gasteiger partial charge < -0.3 is 16.0 Å². The third-order valence-corrected chi connectivity index (χ3v) is 3.31. The van der Waals surface area contributed by atoms with Crippen LogP contribution >= 0.6 is 0 Å². The minimum absolute atomic E-state index is 0.264. The highest BCUT2D eigenvalue weighted by atomic mass is 15.3. The topological polar surface area (TPSA) is 80.0 Å². The third kappa shape index (κ3) is 3.45. The molecule has 3 N–H and O–H groups in total. The molecule has 1 heterocycles. The first-order valence-corrected chi connectivity index (χ1v) is 6.58. The van der Waals surface area contributed by atoms with E-state index in [1.54, 1.807) is 0 Å². The molecule has 0 aromatic carbocycles. The summed E-state index contributed by atoms with van der Waals surface area (Å²) < 4.78 is 0. The summed E-state index contributed by atoms with van der Waals surface area (Å²) in [4.78, 5) is 14.3. The predicted molar refractivity (Wildman–Crippen MR) is 73.6 cm³/mol. The quantitative estimate of drug-likeness (QED) is 0.843. The van der Waals surface area contributed by atoms with Gasteiger partial charge in [0.05, 0.1) is 0 Å². The number of hydrogen-bond acceptors (Lipinski definition) is 6. The lowest BCUT2D eigenvalue weighted by Gasteiger charge is -2.22. The molecule has 1 aromatic heterocycles. The van der Waals surface area contributed by atoms with Crippen molar-refractivity contribution in [2.75, 3.05) is 36.6 Å². The molecule has 1 fully saturated rings. The fourth-order valence-electron chi connectivity index (χ4n) is 2.29. The van der Waals surface area contributed by atoms with E-state index >= 15 is 0 Å². The van der Waals surface area contributed by atoms with E-state index in [4.69, 9.17) is 5.73 Å². The maximum absolute atomic E-state index is 5.68. The van der Waals surface area contributed by atoms with Crippen LogP contribution in [0.2, 0.25) is 0 Å². The molecular formula is C12H22N6. The van der Waals surface area contributed by atoms with Crippen LogP contribution in [0.4, 0.5) is 17.8 Å². The molecule has 18 heavy (non-hydrogen) atoms. The Hall–Kier alpha value is -1.59. The molecule has 0 saturated heterocycles. The van der Waals surface area contributed by atoms with Gasteiger partial charge in [0, 0.05) is 20.6 Å². The van der Waals surface area contributed by atoms with Crippen LogP contribution < -0.4 is 16.0 Å². The number of anilines is 3. The van der Waals surface area contributed by atoms with Crippen molar-refractivity contribution in [3.05, 3.63) is 0 Å². The second-order valence-corrected chi connectivity index (χ2v) is 5.10. The maximum Gasteiger partial charge on any atom is 0.231 e. The van der Waals surface area contributed by atoms with Gasteiger partial charge in [0.25, 0.3) is 0 Å². The van der Waals surface area contributed by atoms with Gasteiger partial charge in [0.2, 0.25) is 17.8 Å². The van der Waals surface area contributed by atoms with Crippen LogP contribution in [-0.4, -0.2) is 35.6 Å². The molecule has 100 valence electrons. The SMILES string of the molecule is CN(C)c1nc(N)nc(NCC2CCCCC2)n1. The molecule has 1 saturated carbocycles. The smallest absolute Gasteiger partial charge is 0.231 e. The molecule has 0 atom stereocenters. The monoisotopic (exact) mass is 250 g/mol. The standard InChI is InChI=1S/C12H22N6/c1-18(2)12-16-10(13)15-11(17-12)14-8-9-6-4-3-5-7-9/h9H,3-8H2,1-2H3,(H3,13,14,15,16,17). The van der Waals surface area contributed by atoms with Gasteiger partial charge in [-0.2, -0.15) is 15.0 Å². The van der Waals surface area contributed by atoms with Gasteiger partial charge in [-0.1, -0.05) is 19.3 Å². The van der Waals surface area contributed by atoms with Crippen LogP contribution in [0.15, 0.2) is 0 Å². The van der Waals surface area contributed by atoms with Crippen molar-refractivity contribution >= 4 is 17.8 Å². The average Bonchev–Trinajstić information content (AvgIpc) is 2.37. The molecular weight excluding hydrogens is 228 g/mol. The Kier molecular flexibility index (Phi) is 4.17. The van der Waals surface area contributed by atoms with Crippen molar-refractivity contribution in [2.24, 2.45) is 5.92 Å². The number of rotatable bonds is 4. The molecule has 0 bridgehead atoms. The van der Waals surface area contributed by atoms with E-state index < -0.39 is 0 Å². The summed E-state index contributed by atoms with van der Waals surface area (Å²) in [6.07, 6.45) is 6.66. The van der Waals surface area contributed by atoms with Gasteiger partial charge in [0.15, 0.2) is 0 Å². The molecule has 0 amide bonds. The lowest BCUT2D eigenvalue weighted by molar-refractivity contribution is 0.373. The molecule has 0 unspecified atom stereocenters. The highest BCUT2D eigenvalue weighted by Gasteiger charge is 2.14. The number of aromatic nitrogens is 3. The zero-order valence-electron chi connectivity index (χ0n) is 11.2. The normalized spacial score (nSPS) is 16.6. The summed E-state index contributed by atoms with van der Waals surface area (Å²) in [7, 11) is 3.78. The predicted octanol–water partition coefficient (Wildman–Crippen LogP) is 1.51. The van der Waals surface area contributed by atoms with E-state index in [0.717, 1.165) is 12.5 Å². The van der Waals surface area contributed by atoms with E-state index in [-0.39, 0.29) is 5.95 Å². The van der Waals surface area contributed by atoms with Crippen molar-refractivity contribution in [3.63, 3.8) is 0 Å². The molecule has 1 aliphatic rings. The summed E-state index contributed by atoms with van der Waals surface area (Å²) in [6.45, 7) is 0.927. The molecule has 6 nitrogen and oxygen atoms in total. The lowest BCUT2D eigenvalue weighted by Crippen LogP contribution is -2.20. The molecule has 2 rings (SSSR count). The highest BCUT2D eigenvalue weighted by molar-refractivity contribution is 5.40. The van der Waals surface area contributed by atoms with Crippen molar-refractivity contribution in [1.29, 1.82) is 0 Å². The minimum atomic E-state index is 0.264. The fraction of sp³-hybridized carbons (Fsp3) is 0.750. The molecule has 1 aromatic rings. The molecule has 6 heteroatoms. The largest absolute Gasteiger partial charge is 0.368 e. The van der Waals surface area contributed by atoms with Gasteiger partial charge in [-0.25, -0.2) is 0 Å². The Labute approximate surface area is 108 Å². The Balaban J connectivity index is 1.95. The third-order valence-electron chi connectivity index (χ3n) is 3.31. The highest BCUT2D eigenvalue weighted by Crippen LogP contribution is 2.23. The van der Waals surface area contributed by atoms with Crippen molar-refractivity contribution < 1.29 is 0 Å². The van der Waals surface area contributed by atoms with Gasteiger partial charge >= 0.3 is 0 Å². The number of nitrogens with zero attached hydrogens (tertiary/aromatic N) is 4. The number of nitrogen functional groups attached to an aromatic ring is 1. The van der Waals surface area contributed by atoms with E-state index in [9.17, 15) is 0 Å². The summed E-state index contributed by atoms with van der Waals surface area (Å²) in [5.74, 6) is 2.17. The summed E-state index contributed by atoms with van der Waals surface area (Å²) in [6, 6.07) is 0. The van der Waals surface area contributed by atoms with E-state index in [0.29, 0.717) is 11.9 Å². The van der Waals surface area contributed by atoms with E-state index in [1.807, 2.05) is 19.0 Å². The van der Waals surface area contributed by atoms with Crippen LogP contribution in [0, 0.1) is 5.92 Å². The van der Waals surface area contributed by atoms with Crippen LogP contribution in [0.3, 0.4) is 0 Å². The summed E-state index contributed by atoms with van der Waals surface area (Å²) >= 11 is 0. The lowest BCUT2D eigenvalue weighted by atomic mass is 9.89. The number of hydrogen-bond donors (Lipinski definition) is 2. The Bertz CT molecular complexity index is 386.